The maximum Gasteiger partial charge on any atom is 0.387 e. The summed E-state index contributed by atoms with van der Waals surface area (Å²) in [4.78, 5) is 12.6. The van der Waals surface area contributed by atoms with Gasteiger partial charge in [-0.3, -0.25) is 4.79 Å². The lowest BCUT2D eigenvalue weighted by Gasteiger charge is -2.53. The number of ether oxygens (including phenoxy) is 3. The summed E-state index contributed by atoms with van der Waals surface area (Å²) < 4.78 is 42.9. The Balaban J connectivity index is 1.71. The lowest BCUT2D eigenvalue weighted by Crippen LogP contribution is -2.58. The Labute approximate surface area is 182 Å². The van der Waals surface area contributed by atoms with Crippen molar-refractivity contribution in [2.45, 2.75) is 71.6 Å². The Morgan fingerprint density at radius 1 is 1.35 bits per heavy atom. The number of amides is 1. The number of rotatable bonds is 7. The molecule has 1 aromatic rings. The number of carbonyl (C=O) groups excluding carboxylic acids is 1. The van der Waals surface area contributed by atoms with Crippen LogP contribution in [0.15, 0.2) is 18.2 Å². The van der Waals surface area contributed by atoms with Crippen LogP contribution < -0.4 is 14.8 Å². The molecule has 2 saturated carbocycles. The van der Waals surface area contributed by atoms with Gasteiger partial charge in [0.1, 0.15) is 0 Å². The van der Waals surface area contributed by atoms with Gasteiger partial charge in [-0.25, -0.2) is 0 Å². The first kappa shape index (κ1) is 22.3. The zero-order chi connectivity index (χ0) is 22.4. The van der Waals surface area contributed by atoms with E-state index in [0.29, 0.717) is 24.5 Å². The van der Waals surface area contributed by atoms with Gasteiger partial charge in [0, 0.05) is 24.6 Å². The van der Waals surface area contributed by atoms with E-state index in [1.165, 1.54) is 7.11 Å². The molecule has 31 heavy (non-hydrogen) atoms. The van der Waals surface area contributed by atoms with Crippen molar-refractivity contribution in [1.82, 2.24) is 5.32 Å². The summed E-state index contributed by atoms with van der Waals surface area (Å²) in [6, 6.07) is 5.25. The van der Waals surface area contributed by atoms with Gasteiger partial charge in [0.2, 0.25) is 5.91 Å². The van der Waals surface area contributed by atoms with Crippen LogP contribution in [0.5, 0.6) is 11.5 Å². The third kappa shape index (κ3) is 3.59. The summed E-state index contributed by atoms with van der Waals surface area (Å²) in [5.74, 6) is 0.984. The molecule has 1 heterocycles. The summed E-state index contributed by atoms with van der Waals surface area (Å²) >= 11 is 0. The summed E-state index contributed by atoms with van der Waals surface area (Å²) in [6.07, 6.45) is 3.78. The van der Waals surface area contributed by atoms with E-state index in [-0.39, 0.29) is 46.3 Å². The van der Waals surface area contributed by atoms with Gasteiger partial charge < -0.3 is 19.5 Å². The second kappa shape index (κ2) is 8.23. The van der Waals surface area contributed by atoms with Crippen LogP contribution in [-0.4, -0.2) is 32.3 Å². The van der Waals surface area contributed by atoms with Crippen LogP contribution in [0.3, 0.4) is 0 Å². The smallest absolute Gasteiger partial charge is 0.387 e. The number of hydrogen-bond acceptors (Lipinski definition) is 4. The van der Waals surface area contributed by atoms with Gasteiger partial charge in [-0.2, -0.15) is 8.78 Å². The van der Waals surface area contributed by atoms with Gasteiger partial charge in [0.05, 0.1) is 13.2 Å². The van der Waals surface area contributed by atoms with Gasteiger partial charge in [-0.1, -0.05) is 32.9 Å². The van der Waals surface area contributed by atoms with Crippen molar-refractivity contribution in [3.63, 3.8) is 0 Å². The van der Waals surface area contributed by atoms with Gasteiger partial charge in [0.25, 0.3) is 0 Å². The number of fused-ring (bicyclic) bond motifs is 1. The van der Waals surface area contributed by atoms with Crippen molar-refractivity contribution in [1.29, 1.82) is 0 Å². The molecule has 3 fully saturated rings. The third-order valence-corrected chi connectivity index (χ3v) is 8.03. The molecule has 7 heteroatoms. The molecule has 0 radical (unpaired) electrons. The van der Waals surface area contributed by atoms with Crippen LogP contribution in [0.4, 0.5) is 8.78 Å². The van der Waals surface area contributed by atoms with Crippen LogP contribution in [0.2, 0.25) is 0 Å². The molecule has 2 bridgehead atoms. The maximum atomic E-state index is 13.2. The molecular formula is C24H33F2NO4. The minimum Gasteiger partial charge on any atom is -0.493 e. The Morgan fingerprint density at radius 2 is 2.13 bits per heavy atom. The first-order valence-corrected chi connectivity index (χ1v) is 11.3. The highest BCUT2D eigenvalue weighted by Crippen LogP contribution is 2.71. The minimum absolute atomic E-state index is 0.0154. The number of carbonyl (C=O) groups is 1. The number of methoxy groups -OCH3 is 1. The molecule has 1 aromatic carbocycles. The number of halogens is 2. The number of benzene rings is 1. The van der Waals surface area contributed by atoms with Gasteiger partial charge >= 0.3 is 6.61 Å². The Hall–Kier alpha value is -1.89. The van der Waals surface area contributed by atoms with Gasteiger partial charge in [-0.05, 0) is 54.4 Å². The lowest BCUT2D eigenvalue weighted by atomic mass is 9.58. The summed E-state index contributed by atoms with van der Waals surface area (Å²) in [5.41, 5.74) is 0.483. The van der Waals surface area contributed by atoms with Crippen LogP contribution in [0.1, 0.15) is 64.5 Å². The Kier molecular flexibility index (Phi) is 5.92. The molecule has 2 aliphatic carbocycles. The highest BCUT2D eigenvalue weighted by Gasteiger charge is 2.68. The maximum absolute atomic E-state index is 13.2. The fourth-order valence-corrected chi connectivity index (χ4v) is 6.69. The zero-order valence-electron chi connectivity index (χ0n) is 18.8. The molecule has 1 N–H and O–H groups in total. The fraction of sp³-hybridized carbons (Fsp3) is 0.708. The molecule has 0 unspecified atom stereocenters. The highest BCUT2D eigenvalue weighted by molar-refractivity contribution is 5.76. The van der Waals surface area contributed by atoms with Crippen molar-refractivity contribution in [3.05, 3.63) is 23.8 Å². The first-order valence-electron chi connectivity index (χ1n) is 11.3. The minimum atomic E-state index is -2.95. The number of nitrogens with one attached hydrogen (secondary N) is 1. The molecule has 1 amide bonds. The molecule has 5 nitrogen and oxygen atoms in total. The van der Waals surface area contributed by atoms with Gasteiger partial charge in [0.15, 0.2) is 11.5 Å². The van der Waals surface area contributed by atoms with E-state index in [1.54, 1.807) is 18.2 Å². The highest BCUT2D eigenvalue weighted by atomic mass is 19.3. The summed E-state index contributed by atoms with van der Waals surface area (Å²) in [6.45, 7) is 4.08. The van der Waals surface area contributed by atoms with Crippen molar-refractivity contribution >= 4 is 5.91 Å². The molecule has 3 aliphatic rings. The second-order valence-electron chi connectivity index (χ2n) is 9.85. The topological polar surface area (TPSA) is 56.8 Å². The molecule has 1 saturated heterocycles. The quantitative estimate of drug-likeness (QED) is 0.645. The second-order valence-corrected chi connectivity index (χ2v) is 9.85. The monoisotopic (exact) mass is 437 g/mol. The SMILES string of the molecule is CCCC(=O)N[C@@H]1C(C)(C)[C@@H]2C[C@@H]3[C@@H](c4cccc(OC)c4OC(F)F)OCC[C@@]31C2. The van der Waals surface area contributed by atoms with Crippen LogP contribution in [0, 0.1) is 22.7 Å². The zero-order valence-corrected chi connectivity index (χ0v) is 18.8. The summed E-state index contributed by atoms with van der Waals surface area (Å²) in [7, 11) is 1.44. The third-order valence-electron chi connectivity index (χ3n) is 8.03. The van der Waals surface area contributed by atoms with Crippen LogP contribution >= 0.6 is 0 Å². The average molecular weight is 438 g/mol. The van der Waals surface area contributed by atoms with E-state index >= 15 is 0 Å². The molecule has 1 spiro atoms. The van der Waals surface area contributed by atoms with E-state index < -0.39 is 6.61 Å². The Bertz CT molecular complexity index is 830. The fourth-order valence-electron chi connectivity index (χ4n) is 6.69. The summed E-state index contributed by atoms with van der Waals surface area (Å²) in [5, 5.41) is 3.36. The van der Waals surface area contributed by atoms with E-state index in [0.717, 1.165) is 25.7 Å². The number of para-hydroxylation sites is 1. The van der Waals surface area contributed by atoms with Crippen LogP contribution in [-0.2, 0) is 9.53 Å². The van der Waals surface area contributed by atoms with E-state index in [1.807, 2.05) is 6.92 Å². The lowest BCUT2D eigenvalue weighted by molar-refractivity contribution is -0.138. The van der Waals surface area contributed by atoms with Gasteiger partial charge in [-0.15, -0.1) is 0 Å². The normalized spacial score (nSPS) is 33.3. The Morgan fingerprint density at radius 3 is 2.81 bits per heavy atom. The average Bonchev–Trinajstić information content (AvgIpc) is 3.20. The van der Waals surface area contributed by atoms with E-state index in [9.17, 15) is 13.6 Å². The van der Waals surface area contributed by atoms with E-state index in [4.69, 9.17) is 14.2 Å². The molecule has 1 aliphatic heterocycles. The number of hydrogen-bond donors (Lipinski definition) is 1. The van der Waals surface area contributed by atoms with Crippen molar-refractivity contribution in [3.8, 4) is 11.5 Å². The predicted octanol–water partition coefficient (Wildman–Crippen LogP) is 5.10. The largest absolute Gasteiger partial charge is 0.493 e. The van der Waals surface area contributed by atoms with Crippen molar-refractivity contribution in [2.24, 2.45) is 22.7 Å². The standard InChI is InChI=1S/C24H33F2NO4/c1-5-7-18(28)27-21-23(2,3)14-12-16-19(30-11-10-24(16,21)13-14)15-8-6-9-17(29-4)20(15)31-22(25)26/h6,8-9,14,16,19,21-22H,5,7,10-13H2,1-4H3,(H,27,28)/t14-,16-,19-,21-,24-/m1/s1. The van der Waals surface area contributed by atoms with E-state index in [2.05, 4.69) is 19.2 Å². The molecule has 4 rings (SSSR count). The molecule has 5 atom stereocenters. The predicted molar refractivity (Wildman–Crippen MR) is 112 cm³/mol. The molecular weight excluding hydrogens is 404 g/mol. The molecule has 0 aromatic heterocycles. The van der Waals surface area contributed by atoms with Crippen molar-refractivity contribution < 1.29 is 27.8 Å². The number of alkyl halides is 2. The molecule has 172 valence electrons. The first-order chi connectivity index (χ1) is 14.7. The van der Waals surface area contributed by atoms with Crippen LogP contribution in [0.25, 0.3) is 0 Å². The van der Waals surface area contributed by atoms with Crippen molar-refractivity contribution in [2.75, 3.05) is 13.7 Å².